The fourth-order valence-electron chi connectivity index (χ4n) is 3.88. The lowest BCUT2D eigenvalue weighted by Gasteiger charge is -2.28. The van der Waals surface area contributed by atoms with Gasteiger partial charge in [-0.25, -0.2) is 4.39 Å². The molecule has 0 bridgehead atoms. The molecule has 2 aromatic carbocycles. The van der Waals surface area contributed by atoms with E-state index in [2.05, 4.69) is 31.2 Å². The van der Waals surface area contributed by atoms with Crippen LogP contribution < -0.4 is 0 Å². The predicted molar refractivity (Wildman–Crippen MR) is 100 cm³/mol. The molecule has 0 saturated heterocycles. The molecule has 1 fully saturated rings. The molecule has 1 nitrogen and oxygen atoms in total. The first-order valence-electron chi connectivity index (χ1n) is 9.54. The van der Waals surface area contributed by atoms with Crippen molar-refractivity contribution in [1.82, 2.24) is 0 Å². The summed E-state index contributed by atoms with van der Waals surface area (Å²) in [4.78, 5) is 12.6. The van der Waals surface area contributed by atoms with Gasteiger partial charge in [-0.3, -0.25) is 4.79 Å². The van der Waals surface area contributed by atoms with Gasteiger partial charge >= 0.3 is 0 Å². The number of aryl methyl sites for hydroxylation is 1. The van der Waals surface area contributed by atoms with Crippen LogP contribution in [0.1, 0.15) is 74.0 Å². The molecule has 0 N–H and O–H groups in total. The van der Waals surface area contributed by atoms with E-state index < -0.39 is 0 Å². The Morgan fingerprint density at radius 1 is 0.920 bits per heavy atom. The van der Waals surface area contributed by atoms with Gasteiger partial charge in [-0.1, -0.05) is 56.2 Å². The molecule has 2 aromatic rings. The zero-order valence-corrected chi connectivity index (χ0v) is 15.0. The van der Waals surface area contributed by atoms with E-state index in [0.717, 1.165) is 24.8 Å². The maximum Gasteiger partial charge on any atom is 0.140 e. The minimum atomic E-state index is -0.246. The summed E-state index contributed by atoms with van der Waals surface area (Å²) in [6, 6.07) is 15.3. The first-order valence-corrected chi connectivity index (χ1v) is 9.54. The first kappa shape index (κ1) is 17.8. The Bertz CT molecular complexity index is 687. The summed E-state index contributed by atoms with van der Waals surface area (Å²) in [6.07, 6.45) is 7.39. The van der Waals surface area contributed by atoms with Crippen LogP contribution in [0.2, 0.25) is 0 Å². The van der Waals surface area contributed by atoms with Crippen molar-refractivity contribution in [1.29, 1.82) is 0 Å². The SMILES string of the molecule is CCCCCc1ccc([C@@H]2CC[C@@H](c3ccc(F)cc3)C(=O)C2)cc1. The fourth-order valence-corrected chi connectivity index (χ4v) is 3.88. The van der Waals surface area contributed by atoms with Gasteiger partial charge in [0.1, 0.15) is 11.6 Å². The van der Waals surface area contributed by atoms with Crippen LogP contribution in [0.25, 0.3) is 0 Å². The number of hydrogen-bond acceptors (Lipinski definition) is 1. The third-order valence-corrected chi connectivity index (χ3v) is 5.43. The predicted octanol–water partition coefficient (Wildman–Crippen LogP) is 6.18. The Labute approximate surface area is 150 Å². The second-order valence-corrected chi connectivity index (χ2v) is 7.25. The van der Waals surface area contributed by atoms with Gasteiger partial charge in [0.2, 0.25) is 0 Å². The molecule has 0 aromatic heterocycles. The molecule has 0 aliphatic heterocycles. The Hall–Kier alpha value is -1.96. The largest absolute Gasteiger partial charge is 0.299 e. The lowest BCUT2D eigenvalue weighted by Crippen LogP contribution is -2.22. The van der Waals surface area contributed by atoms with Gasteiger partial charge in [-0.2, -0.15) is 0 Å². The molecule has 2 atom stereocenters. The van der Waals surface area contributed by atoms with Crippen molar-refractivity contribution in [3.63, 3.8) is 0 Å². The summed E-state index contributed by atoms with van der Waals surface area (Å²) < 4.78 is 13.1. The van der Waals surface area contributed by atoms with Crippen molar-refractivity contribution >= 4 is 5.78 Å². The lowest BCUT2D eigenvalue weighted by molar-refractivity contribution is -0.122. The van der Waals surface area contributed by atoms with Crippen LogP contribution in [-0.4, -0.2) is 5.78 Å². The minimum Gasteiger partial charge on any atom is -0.299 e. The van der Waals surface area contributed by atoms with E-state index in [9.17, 15) is 9.18 Å². The van der Waals surface area contributed by atoms with Crippen molar-refractivity contribution in [2.24, 2.45) is 0 Å². The molecule has 132 valence electrons. The average molecular weight is 338 g/mol. The molecule has 0 spiro atoms. The number of ketones is 1. The van der Waals surface area contributed by atoms with Gasteiger partial charge in [-0.05, 0) is 60.4 Å². The van der Waals surface area contributed by atoms with Crippen LogP contribution in [0.5, 0.6) is 0 Å². The standard InChI is InChI=1S/C23H27FO/c1-2-3-4-5-17-6-8-18(9-7-17)20-12-15-22(23(25)16-20)19-10-13-21(24)14-11-19/h6-11,13-14,20,22H,2-5,12,15-16H2,1H3/t20-,22+/m1/s1. The monoisotopic (exact) mass is 338 g/mol. The van der Waals surface area contributed by atoms with Crippen molar-refractivity contribution in [3.8, 4) is 0 Å². The van der Waals surface area contributed by atoms with Crippen LogP contribution in [0.3, 0.4) is 0 Å². The molecule has 1 saturated carbocycles. The molecular weight excluding hydrogens is 311 g/mol. The van der Waals surface area contributed by atoms with E-state index >= 15 is 0 Å². The third-order valence-electron chi connectivity index (χ3n) is 5.43. The maximum absolute atomic E-state index is 13.1. The van der Waals surface area contributed by atoms with E-state index in [1.54, 1.807) is 12.1 Å². The summed E-state index contributed by atoms with van der Waals surface area (Å²) in [5.74, 6) is 0.304. The molecule has 1 aliphatic rings. The van der Waals surface area contributed by atoms with Crippen LogP contribution in [0, 0.1) is 5.82 Å². The second-order valence-electron chi connectivity index (χ2n) is 7.25. The molecule has 25 heavy (non-hydrogen) atoms. The molecule has 0 heterocycles. The average Bonchev–Trinajstić information content (AvgIpc) is 2.63. The fraction of sp³-hybridized carbons (Fsp3) is 0.435. The summed E-state index contributed by atoms with van der Waals surface area (Å²) in [6.45, 7) is 2.22. The minimum absolute atomic E-state index is 0.0647. The van der Waals surface area contributed by atoms with E-state index in [1.165, 1.54) is 42.5 Å². The lowest BCUT2D eigenvalue weighted by atomic mass is 9.75. The number of carbonyl (C=O) groups excluding carboxylic acids is 1. The summed E-state index contributed by atoms with van der Waals surface area (Å²) in [5.41, 5.74) is 3.63. The normalized spacial score (nSPS) is 20.6. The van der Waals surface area contributed by atoms with E-state index in [-0.39, 0.29) is 17.5 Å². The van der Waals surface area contributed by atoms with Crippen LogP contribution in [-0.2, 0) is 11.2 Å². The topological polar surface area (TPSA) is 17.1 Å². The quantitative estimate of drug-likeness (QED) is 0.575. The molecule has 2 heteroatoms. The van der Waals surface area contributed by atoms with E-state index in [0.29, 0.717) is 12.3 Å². The molecule has 1 aliphatic carbocycles. The number of unbranched alkanes of at least 4 members (excludes halogenated alkanes) is 2. The Morgan fingerprint density at radius 2 is 1.60 bits per heavy atom. The van der Waals surface area contributed by atoms with E-state index in [1.807, 2.05) is 0 Å². The van der Waals surface area contributed by atoms with Crippen LogP contribution in [0.15, 0.2) is 48.5 Å². The Kier molecular flexibility index (Phi) is 6.01. The van der Waals surface area contributed by atoms with Gasteiger partial charge in [0.25, 0.3) is 0 Å². The van der Waals surface area contributed by atoms with Crippen molar-refractivity contribution in [2.75, 3.05) is 0 Å². The van der Waals surface area contributed by atoms with Crippen molar-refractivity contribution in [3.05, 3.63) is 71.0 Å². The summed E-state index contributed by atoms with van der Waals surface area (Å²) >= 11 is 0. The van der Waals surface area contributed by atoms with Crippen LogP contribution in [0.4, 0.5) is 4.39 Å². The zero-order valence-electron chi connectivity index (χ0n) is 15.0. The van der Waals surface area contributed by atoms with Gasteiger partial charge < -0.3 is 0 Å². The highest BCUT2D eigenvalue weighted by Gasteiger charge is 2.30. The smallest absolute Gasteiger partial charge is 0.140 e. The number of rotatable bonds is 6. The van der Waals surface area contributed by atoms with Crippen LogP contribution >= 0.6 is 0 Å². The van der Waals surface area contributed by atoms with Gasteiger partial charge in [0.15, 0.2) is 0 Å². The van der Waals surface area contributed by atoms with Gasteiger partial charge in [0.05, 0.1) is 0 Å². The molecule has 0 amide bonds. The first-order chi connectivity index (χ1) is 12.2. The Morgan fingerprint density at radius 3 is 2.24 bits per heavy atom. The summed E-state index contributed by atoms with van der Waals surface area (Å²) in [7, 11) is 0. The molecule has 0 radical (unpaired) electrons. The van der Waals surface area contributed by atoms with Gasteiger partial charge in [-0.15, -0.1) is 0 Å². The highest BCUT2D eigenvalue weighted by Crippen LogP contribution is 2.38. The number of hydrogen-bond donors (Lipinski definition) is 0. The summed E-state index contributed by atoms with van der Waals surface area (Å²) in [5, 5.41) is 0. The molecule has 3 rings (SSSR count). The highest BCUT2D eigenvalue weighted by atomic mass is 19.1. The zero-order chi connectivity index (χ0) is 17.6. The van der Waals surface area contributed by atoms with Gasteiger partial charge in [0, 0.05) is 12.3 Å². The highest BCUT2D eigenvalue weighted by molar-refractivity contribution is 5.87. The molecular formula is C23H27FO. The van der Waals surface area contributed by atoms with Crippen molar-refractivity contribution < 1.29 is 9.18 Å². The second kappa shape index (κ2) is 8.42. The van der Waals surface area contributed by atoms with E-state index in [4.69, 9.17) is 0 Å². The van der Waals surface area contributed by atoms with Crippen molar-refractivity contribution in [2.45, 2.75) is 63.7 Å². The number of benzene rings is 2. The third kappa shape index (κ3) is 4.56. The number of Topliss-reactive ketones (excluding diaryl/α,β-unsaturated/α-hetero) is 1. The molecule has 0 unspecified atom stereocenters. The Balaban J connectivity index is 1.60. The maximum atomic E-state index is 13.1. The number of halogens is 1. The number of carbonyl (C=O) groups is 1.